The number of carbonyl (C=O) groups excluding carboxylic acids is 1. The van der Waals surface area contributed by atoms with E-state index in [1.165, 1.54) is 16.4 Å². The van der Waals surface area contributed by atoms with Gasteiger partial charge in [0.1, 0.15) is 5.75 Å². The molecule has 2 aromatic rings. The van der Waals surface area contributed by atoms with Crippen LogP contribution in [0, 0.1) is 0 Å². The van der Waals surface area contributed by atoms with Gasteiger partial charge in [0.05, 0.1) is 10.9 Å². The van der Waals surface area contributed by atoms with Gasteiger partial charge in [-0.2, -0.15) is 4.68 Å². The Hall–Kier alpha value is -2.09. The van der Waals surface area contributed by atoms with Crippen molar-refractivity contribution < 1.29 is 9.90 Å². The first-order chi connectivity index (χ1) is 10.1. The van der Waals surface area contributed by atoms with E-state index in [1.807, 2.05) is 13.8 Å². The molecule has 2 rings (SSSR count). The first-order valence-corrected chi connectivity index (χ1v) is 7.52. The van der Waals surface area contributed by atoms with Crippen LogP contribution in [0.3, 0.4) is 0 Å². The summed E-state index contributed by atoms with van der Waals surface area (Å²) in [6.45, 7) is 4.47. The number of nitrogens with one attached hydrogen (secondary N) is 1. The number of nitrogens with zero attached hydrogens (tertiary/aromatic N) is 4. The number of aromatic hydroxyl groups is 1. The molecule has 1 atom stereocenters. The molecule has 0 aliphatic rings. The Morgan fingerprint density at radius 1 is 1.43 bits per heavy atom. The number of rotatable bonds is 6. The van der Waals surface area contributed by atoms with Crippen molar-refractivity contribution in [2.45, 2.75) is 30.7 Å². The fourth-order valence-corrected chi connectivity index (χ4v) is 2.44. The van der Waals surface area contributed by atoms with Crippen LogP contribution in [0.15, 0.2) is 29.4 Å². The third-order valence-electron chi connectivity index (χ3n) is 2.74. The Labute approximate surface area is 126 Å². The zero-order valence-corrected chi connectivity index (χ0v) is 12.7. The number of thioether (sulfide) groups is 1. The minimum atomic E-state index is -0.293. The lowest BCUT2D eigenvalue weighted by atomic mass is 10.3. The molecule has 8 heteroatoms. The number of aromatic nitrogens is 4. The predicted octanol–water partition coefficient (Wildman–Crippen LogP) is 1.37. The first-order valence-electron chi connectivity index (χ1n) is 6.64. The molecule has 0 aliphatic carbocycles. The summed E-state index contributed by atoms with van der Waals surface area (Å²) < 4.78 is 1.54. The molecule has 112 valence electrons. The number of hydrogen-bond donors (Lipinski definition) is 2. The van der Waals surface area contributed by atoms with Gasteiger partial charge < -0.3 is 10.4 Å². The molecule has 0 saturated heterocycles. The van der Waals surface area contributed by atoms with E-state index in [9.17, 15) is 9.90 Å². The molecule has 1 heterocycles. The molecule has 1 aromatic carbocycles. The van der Waals surface area contributed by atoms with Crippen molar-refractivity contribution in [3.05, 3.63) is 24.3 Å². The van der Waals surface area contributed by atoms with Gasteiger partial charge in [0.2, 0.25) is 11.1 Å². The van der Waals surface area contributed by atoms with Crippen LogP contribution in [0.1, 0.15) is 20.3 Å². The molecule has 0 bridgehead atoms. The Morgan fingerprint density at radius 3 is 2.81 bits per heavy atom. The van der Waals surface area contributed by atoms with E-state index < -0.39 is 0 Å². The van der Waals surface area contributed by atoms with Crippen molar-refractivity contribution in [1.29, 1.82) is 0 Å². The van der Waals surface area contributed by atoms with Crippen LogP contribution in [-0.2, 0) is 4.79 Å². The van der Waals surface area contributed by atoms with Gasteiger partial charge in [0.15, 0.2) is 0 Å². The third-order valence-corrected chi connectivity index (χ3v) is 3.77. The normalized spacial score (nSPS) is 12.1. The van der Waals surface area contributed by atoms with Crippen molar-refractivity contribution in [3.8, 4) is 11.4 Å². The molecule has 7 nitrogen and oxygen atoms in total. The second-order valence-electron chi connectivity index (χ2n) is 4.44. The van der Waals surface area contributed by atoms with Crippen molar-refractivity contribution >= 4 is 17.7 Å². The summed E-state index contributed by atoms with van der Waals surface area (Å²) in [6.07, 6.45) is 0.897. The maximum Gasteiger partial charge on any atom is 0.233 e. The Balaban J connectivity index is 2.10. The van der Waals surface area contributed by atoms with Gasteiger partial charge >= 0.3 is 0 Å². The van der Waals surface area contributed by atoms with Gasteiger partial charge in [-0.05, 0) is 48.0 Å². The average molecular weight is 307 g/mol. The quantitative estimate of drug-likeness (QED) is 0.783. The van der Waals surface area contributed by atoms with Crippen LogP contribution in [0.5, 0.6) is 5.75 Å². The standard InChI is InChI=1S/C13H17N5O2S/c1-3-8-14-12(20)9(2)21-13-15-16-17-18(13)10-4-6-11(19)7-5-10/h4-7,9,19H,3,8H2,1-2H3,(H,14,20). The fourth-order valence-electron chi connectivity index (χ4n) is 1.61. The van der Waals surface area contributed by atoms with Crippen LogP contribution in [0.25, 0.3) is 5.69 Å². The molecule has 0 aliphatic heterocycles. The zero-order chi connectivity index (χ0) is 15.2. The first kappa shape index (κ1) is 15.3. The lowest BCUT2D eigenvalue weighted by molar-refractivity contribution is -0.120. The van der Waals surface area contributed by atoms with E-state index >= 15 is 0 Å². The summed E-state index contributed by atoms with van der Waals surface area (Å²) in [5.41, 5.74) is 0.724. The van der Waals surface area contributed by atoms with Crippen LogP contribution >= 0.6 is 11.8 Å². The number of phenolic OH excluding ortho intramolecular Hbond substituents is 1. The van der Waals surface area contributed by atoms with Crippen LogP contribution in [0.2, 0.25) is 0 Å². The minimum Gasteiger partial charge on any atom is -0.508 e. The lowest BCUT2D eigenvalue weighted by Crippen LogP contribution is -2.31. The van der Waals surface area contributed by atoms with Crippen molar-refractivity contribution in [2.24, 2.45) is 0 Å². The Kier molecular flexibility index (Phi) is 5.15. The maximum atomic E-state index is 11.9. The van der Waals surface area contributed by atoms with Gasteiger partial charge in [-0.25, -0.2) is 0 Å². The molecule has 21 heavy (non-hydrogen) atoms. The number of tetrazole rings is 1. The molecule has 1 amide bonds. The van der Waals surface area contributed by atoms with Crippen LogP contribution < -0.4 is 5.32 Å². The number of phenols is 1. The molecule has 0 radical (unpaired) electrons. The number of amides is 1. The maximum absolute atomic E-state index is 11.9. The molecule has 0 saturated carbocycles. The van der Waals surface area contributed by atoms with E-state index in [0.717, 1.165) is 12.1 Å². The fraction of sp³-hybridized carbons (Fsp3) is 0.385. The number of hydrogen-bond acceptors (Lipinski definition) is 6. The lowest BCUT2D eigenvalue weighted by Gasteiger charge is -2.11. The van der Waals surface area contributed by atoms with E-state index in [1.54, 1.807) is 24.3 Å². The second-order valence-corrected chi connectivity index (χ2v) is 5.75. The van der Waals surface area contributed by atoms with Gasteiger partial charge in [0, 0.05) is 6.54 Å². The highest BCUT2D eigenvalue weighted by Crippen LogP contribution is 2.23. The zero-order valence-electron chi connectivity index (χ0n) is 11.9. The highest BCUT2D eigenvalue weighted by Gasteiger charge is 2.18. The molecule has 0 fully saturated rings. The Morgan fingerprint density at radius 2 is 2.14 bits per heavy atom. The van der Waals surface area contributed by atoms with E-state index in [2.05, 4.69) is 20.8 Å². The second kappa shape index (κ2) is 7.07. The topological polar surface area (TPSA) is 92.9 Å². The number of carbonyl (C=O) groups is 1. The van der Waals surface area contributed by atoms with E-state index in [4.69, 9.17) is 0 Å². The van der Waals surface area contributed by atoms with Crippen molar-refractivity contribution in [2.75, 3.05) is 6.54 Å². The summed E-state index contributed by atoms with van der Waals surface area (Å²) in [5.74, 6) is 0.135. The SMILES string of the molecule is CCCNC(=O)C(C)Sc1nnnn1-c1ccc(O)cc1. The molecule has 0 spiro atoms. The van der Waals surface area contributed by atoms with E-state index in [0.29, 0.717) is 11.7 Å². The average Bonchev–Trinajstić information content (AvgIpc) is 2.93. The van der Waals surface area contributed by atoms with Gasteiger partial charge in [0.25, 0.3) is 0 Å². The summed E-state index contributed by atoms with van der Waals surface area (Å²) >= 11 is 1.29. The molecule has 2 N–H and O–H groups in total. The van der Waals surface area contributed by atoms with Crippen molar-refractivity contribution in [3.63, 3.8) is 0 Å². The van der Waals surface area contributed by atoms with Gasteiger partial charge in [-0.3, -0.25) is 4.79 Å². The molecule has 1 aromatic heterocycles. The highest BCUT2D eigenvalue weighted by molar-refractivity contribution is 8.00. The summed E-state index contributed by atoms with van der Waals surface area (Å²) in [7, 11) is 0. The van der Waals surface area contributed by atoms with Crippen LogP contribution in [0.4, 0.5) is 0 Å². The van der Waals surface area contributed by atoms with Crippen LogP contribution in [-0.4, -0.2) is 43.0 Å². The minimum absolute atomic E-state index is 0.0397. The van der Waals surface area contributed by atoms with Gasteiger partial charge in [-0.15, -0.1) is 5.10 Å². The van der Waals surface area contributed by atoms with Gasteiger partial charge in [-0.1, -0.05) is 18.7 Å². The monoisotopic (exact) mass is 307 g/mol. The summed E-state index contributed by atoms with van der Waals surface area (Å²) in [4.78, 5) is 11.9. The highest BCUT2D eigenvalue weighted by atomic mass is 32.2. The molecular weight excluding hydrogens is 290 g/mol. The summed E-state index contributed by atoms with van der Waals surface area (Å²) in [6, 6.07) is 6.53. The smallest absolute Gasteiger partial charge is 0.233 e. The number of benzene rings is 1. The van der Waals surface area contributed by atoms with Crippen molar-refractivity contribution in [1.82, 2.24) is 25.5 Å². The van der Waals surface area contributed by atoms with E-state index in [-0.39, 0.29) is 16.9 Å². The largest absolute Gasteiger partial charge is 0.508 e. The Bertz CT molecular complexity index is 599. The third kappa shape index (κ3) is 3.94. The predicted molar refractivity (Wildman–Crippen MR) is 79.4 cm³/mol. The summed E-state index contributed by atoms with van der Waals surface area (Å²) in [5, 5.41) is 23.9. The molecule has 1 unspecified atom stereocenters. The molecular formula is C13H17N5O2S.